The van der Waals surface area contributed by atoms with Crippen LogP contribution >= 0.6 is 0 Å². The molecule has 1 atom stereocenters. The number of carboxylic acid groups (broad SMARTS) is 1. The van der Waals surface area contributed by atoms with Crippen molar-refractivity contribution in [2.75, 3.05) is 7.11 Å². The van der Waals surface area contributed by atoms with E-state index in [1.54, 1.807) is 0 Å². The molecule has 1 aromatic carbocycles. The minimum Gasteiger partial charge on any atom is -0.481 e. The van der Waals surface area contributed by atoms with Crippen molar-refractivity contribution in [2.24, 2.45) is 0 Å². The van der Waals surface area contributed by atoms with Crippen molar-refractivity contribution in [3.63, 3.8) is 0 Å². The van der Waals surface area contributed by atoms with Gasteiger partial charge in [0.1, 0.15) is 0 Å². The molecule has 0 bridgehead atoms. The summed E-state index contributed by atoms with van der Waals surface area (Å²) in [6.45, 7) is 0. The molecular weight excluding hydrogens is 208 g/mol. The van der Waals surface area contributed by atoms with Gasteiger partial charge in [-0.25, -0.2) is 0 Å². The molecule has 4 nitrogen and oxygen atoms in total. The molecule has 0 heterocycles. The maximum atomic E-state index is 10.3. The van der Waals surface area contributed by atoms with Gasteiger partial charge in [0, 0.05) is 7.11 Å². The van der Waals surface area contributed by atoms with Crippen LogP contribution in [0.3, 0.4) is 0 Å². The summed E-state index contributed by atoms with van der Waals surface area (Å²) in [5.41, 5.74) is 1.12. The zero-order valence-corrected chi connectivity index (χ0v) is 9.34. The van der Waals surface area contributed by atoms with Gasteiger partial charge in [0.25, 0.3) is 0 Å². The molecule has 16 heavy (non-hydrogen) atoms. The molecule has 4 heteroatoms. The molecule has 0 saturated heterocycles. The molecule has 0 aliphatic rings. The van der Waals surface area contributed by atoms with E-state index in [9.17, 15) is 9.90 Å². The molecule has 0 aliphatic heterocycles. The normalized spacial score (nSPS) is 11.2. The molecule has 90 valence electrons. The molecule has 3 N–H and O–H groups in total. The van der Waals surface area contributed by atoms with Gasteiger partial charge in [-0.2, -0.15) is 0 Å². The average molecular weight is 226 g/mol. The first-order chi connectivity index (χ1) is 7.68. The van der Waals surface area contributed by atoms with E-state index in [0.717, 1.165) is 19.1 Å². The average Bonchev–Trinajstić information content (AvgIpc) is 2.30. The summed E-state index contributed by atoms with van der Waals surface area (Å²) < 4.78 is 0. The summed E-state index contributed by atoms with van der Waals surface area (Å²) in [7, 11) is 1.00. The van der Waals surface area contributed by atoms with E-state index < -0.39 is 12.1 Å². The van der Waals surface area contributed by atoms with E-state index in [0.29, 0.717) is 6.42 Å². The van der Waals surface area contributed by atoms with Gasteiger partial charge in [-0.1, -0.05) is 30.3 Å². The number of aliphatic hydroxyl groups is 2. The van der Waals surface area contributed by atoms with Crippen molar-refractivity contribution in [3.8, 4) is 0 Å². The second-order valence-electron chi connectivity index (χ2n) is 3.28. The zero-order chi connectivity index (χ0) is 12.4. The second kappa shape index (κ2) is 8.88. The van der Waals surface area contributed by atoms with Gasteiger partial charge in [-0.3, -0.25) is 4.79 Å². The molecule has 1 unspecified atom stereocenters. The van der Waals surface area contributed by atoms with Crippen LogP contribution in [0.5, 0.6) is 0 Å². The van der Waals surface area contributed by atoms with E-state index in [-0.39, 0.29) is 6.42 Å². The van der Waals surface area contributed by atoms with Crippen LogP contribution in [0.25, 0.3) is 0 Å². The number of aliphatic carboxylic acids is 1. The number of rotatable bonds is 5. The number of aliphatic hydroxyl groups excluding tert-OH is 2. The number of carboxylic acids is 1. The molecule has 0 amide bonds. The van der Waals surface area contributed by atoms with Crippen molar-refractivity contribution in [1.82, 2.24) is 0 Å². The Hall–Kier alpha value is -1.39. The Morgan fingerprint density at radius 1 is 1.25 bits per heavy atom. The van der Waals surface area contributed by atoms with Crippen LogP contribution in [-0.2, 0) is 11.2 Å². The molecule has 0 saturated carbocycles. The fraction of sp³-hybridized carbons (Fsp3) is 0.417. The van der Waals surface area contributed by atoms with Crippen LogP contribution in [0.1, 0.15) is 18.4 Å². The lowest BCUT2D eigenvalue weighted by Gasteiger charge is -2.07. The monoisotopic (exact) mass is 226 g/mol. The van der Waals surface area contributed by atoms with E-state index >= 15 is 0 Å². The first-order valence-corrected chi connectivity index (χ1v) is 5.07. The minimum absolute atomic E-state index is 0.174. The lowest BCUT2D eigenvalue weighted by atomic mass is 10.1. The molecular formula is C12H18O4. The minimum atomic E-state index is -0.953. The van der Waals surface area contributed by atoms with Gasteiger partial charge in [-0.05, 0) is 18.4 Å². The second-order valence-corrected chi connectivity index (χ2v) is 3.28. The standard InChI is InChI=1S/C11H14O3.CH4O/c12-10(8-11(13)14)7-6-9-4-2-1-3-5-9;1-2/h1-5,10,12H,6-8H2,(H,13,14);2H,1H3. The fourth-order valence-electron chi connectivity index (χ4n) is 1.28. The Labute approximate surface area is 95.2 Å². The van der Waals surface area contributed by atoms with E-state index in [4.69, 9.17) is 10.2 Å². The maximum Gasteiger partial charge on any atom is 0.305 e. The molecule has 0 spiro atoms. The summed E-state index contributed by atoms with van der Waals surface area (Å²) in [5.74, 6) is -0.953. The Morgan fingerprint density at radius 2 is 1.81 bits per heavy atom. The Balaban J connectivity index is 0.00000106. The molecule has 1 aromatic rings. The summed E-state index contributed by atoms with van der Waals surface area (Å²) in [4.78, 5) is 10.3. The van der Waals surface area contributed by atoms with Gasteiger partial charge >= 0.3 is 5.97 Å². The third-order valence-electron chi connectivity index (χ3n) is 2.02. The number of hydrogen-bond donors (Lipinski definition) is 3. The van der Waals surface area contributed by atoms with Crippen molar-refractivity contribution in [2.45, 2.75) is 25.4 Å². The van der Waals surface area contributed by atoms with Gasteiger partial charge in [0.05, 0.1) is 12.5 Å². The van der Waals surface area contributed by atoms with E-state index in [1.165, 1.54) is 0 Å². The van der Waals surface area contributed by atoms with E-state index in [1.807, 2.05) is 30.3 Å². The number of aryl methyl sites for hydroxylation is 1. The van der Waals surface area contributed by atoms with Gasteiger partial charge in [-0.15, -0.1) is 0 Å². The lowest BCUT2D eigenvalue weighted by Crippen LogP contribution is -2.13. The van der Waals surface area contributed by atoms with Crippen LogP contribution in [0.15, 0.2) is 30.3 Å². The largest absolute Gasteiger partial charge is 0.481 e. The highest BCUT2D eigenvalue weighted by Gasteiger charge is 2.08. The summed E-state index contributed by atoms with van der Waals surface area (Å²) >= 11 is 0. The van der Waals surface area contributed by atoms with Crippen LogP contribution in [0, 0.1) is 0 Å². The first kappa shape index (κ1) is 14.6. The third kappa shape index (κ3) is 6.98. The van der Waals surface area contributed by atoms with Crippen LogP contribution in [0.4, 0.5) is 0 Å². The molecule has 0 aromatic heterocycles. The smallest absolute Gasteiger partial charge is 0.305 e. The topological polar surface area (TPSA) is 77.8 Å². The molecule has 0 fully saturated rings. The predicted molar refractivity (Wildman–Crippen MR) is 61.2 cm³/mol. The van der Waals surface area contributed by atoms with Crippen molar-refractivity contribution in [1.29, 1.82) is 0 Å². The Bertz CT molecular complexity index is 284. The van der Waals surface area contributed by atoms with E-state index in [2.05, 4.69) is 0 Å². The fourth-order valence-corrected chi connectivity index (χ4v) is 1.28. The van der Waals surface area contributed by atoms with Crippen LogP contribution < -0.4 is 0 Å². The number of hydrogen-bond acceptors (Lipinski definition) is 3. The van der Waals surface area contributed by atoms with Crippen LogP contribution in [-0.4, -0.2) is 34.5 Å². The lowest BCUT2D eigenvalue weighted by molar-refractivity contribution is -0.139. The number of benzene rings is 1. The zero-order valence-electron chi connectivity index (χ0n) is 9.34. The van der Waals surface area contributed by atoms with Gasteiger partial charge in [0.15, 0.2) is 0 Å². The molecule has 1 rings (SSSR count). The van der Waals surface area contributed by atoms with Crippen molar-refractivity contribution >= 4 is 5.97 Å². The summed E-state index contributed by atoms with van der Waals surface area (Å²) in [5, 5.41) is 24.7. The quantitative estimate of drug-likeness (QED) is 0.701. The highest BCUT2D eigenvalue weighted by molar-refractivity contribution is 5.67. The predicted octanol–water partition coefficient (Wildman–Crippen LogP) is 1.06. The van der Waals surface area contributed by atoms with Crippen molar-refractivity contribution < 1.29 is 20.1 Å². The summed E-state index contributed by atoms with van der Waals surface area (Å²) in [6, 6.07) is 9.72. The molecule has 0 aliphatic carbocycles. The first-order valence-electron chi connectivity index (χ1n) is 5.07. The highest BCUT2D eigenvalue weighted by atomic mass is 16.4. The third-order valence-corrected chi connectivity index (χ3v) is 2.02. The van der Waals surface area contributed by atoms with Gasteiger partial charge in [0.2, 0.25) is 0 Å². The SMILES string of the molecule is CO.O=C(O)CC(O)CCc1ccccc1. The Kier molecular flexibility index (Phi) is 8.11. The highest BCUT2D eigenvalue weighted by Crippen LogP contribution is 2.06. The van der Waals surface area contributed by atoms with Gasteiger partial charge < -0.3 is 15.3 Å². The summed E-state index contributed by atoms with van der Waals surface area (Å²) in [6.07, 6.45) is 0.297. The van der Waals surface area contributed by atoms with Crippen LogP contribution in [0.2, 0.25) is 0 Å². The Morgan fingerprint density at radius 3 is 2.31 bits per heavy atom. The number of carbonyl (C=O) groups is 1. The molecule has 0 radical (unpaired) electrons. The van der Waals surface area contributed by atoms with Crippen molar-refractivity contribution in [3.05, 3.63) is 35.9 Å². The maximum absolute atomic E-state index is 10.3.